The van der Waals surface area contributed by atoms with Crippen molar-refractivity contribution in [3.8, 4) is 6.07 Å². The lowest BCUT2D eigenvalue weighted by Gasteiger charge is -2.46. The maximum atomic E-state index is 13.6. The second kappa shape index (κ2) is 9.72. The van der Waals surface area contributed by atoms with Crippen LogP contribution in [0.5, 0.6) is 0 Å². The number of carbonyl (C=O) groups is 2. The summed E-state index contributed by atoms with van der Waals surface area (Å²) in [5, 5.41) is 18.2. The molecule has 10 heteroatoms. The molecular formula is C25H33FN6O3. The predicted molar refractivity (Wildman–Crippen MR) is 127 cm³/mol. The molecule has 0 bridgehead atoms. The van der Waals surface area contributed by atoms with Crippen LogP contribution >= 0.6 is 0 Å². The quantitative estimate of drug-likeness (QED) is 0.584. The van der Waals surface area contributed by atoms with E-state index in [1.165, 1.54) is 0 Å². The number of hydrazine groups is 1. The monoisotopic (exact) mass is 484 g/mol. The van der Waals surface area contributed by atoms with Gasteiger partial charge < -0.3 is 20.3 Å². The topological polar surface area (TPSA) is 110 Å². The van der Waals surface area contributed by atoms with Crippen LogP contribution in [0.4, 0.5) is 10.1 Å². The van der Waals surface area contributed by atoms with Gasteiger partial charge in [-0.25, -0.2) is 14.8 Å². The zero-order valence-electron chi connectivity index (χ0n) is 20.1. The number of amides is 2. The summed E-state index contributed by atoms with van der Waals surface area (Å²) in [4.78, 5) is 27.4. The van der Waals surface area contributed by atoms with Gasteiger partial charge in [0.15, 0.2) is 0 Å². The molecule has 2 amide bonds. The van der Waals surface area contributed by atoms with E-state index in [1.807, 2.05) is 19.1 Å². The predicted octanol–water partition coefficient (Wildman–Crippen LogP) is 1.70. The summed E-state index contributed by atoms with van der Waals surface area (Å²) in [5.41, 5.74) is 5.20. The van der Waals surface area contributed by atoms with E-state index < -0.39 is 11.7 Å². The van der Waals surface area contributed by atoms with Crippen LogP contribution in [0.25, 0.3) is 0 Å². The Morgan fingerprint density at radius 1 is 1.40 bits per heavy atom. The van der Waals surface area contributed by atoms with Crippen molar-refractivity contribution in [2.45, 2.75) is 62.9 Å². The first-order valence-electron chi connectivity index (χ1n) is 12.5. The number of nitrogens with one attached hydrogen (secondary N) is 3. The number of ether oxygens (including phenoxy) is 1. The number of piperidine rings is 1. The number of hydrogen-bond acceptors (Lipinski definition) is 7. The standard InChI is InChI=1S/C25H33FN6O3/c1-16-13-18(3-4-19(16)24(34)31-11-6-17(26)14-31)29-22-21-20(5-10-28-23(21)33)32(30-22)25(8-9-27)7-2-12-35-15-25/h3-4,13,17,20-22,29-30H,2,5-8,10-12,14-15H2,1H3,(H,28,33)/t17-,20?,21?,22?,25+/m1/s1. The Hall–Kier alpha value is -2.74. The largest absolute Gasteiger partial charge is 0.379 e. The Kier molecular flexibility index (Phi) is 6.66. The van der Waals surface area contributed by atoms with Gasteiger partial charge in [0.05, 0.1) is 37.1 Å². The molecule has 0 saturated carbocycles. The lowest BCUT2D eigenvalue weighted by Crippen LogP contribution is -2.61. The molecule has 0 aliphatic carbocycles. The summed E-state index contributed by atoms with van der Waals surface area (Å²) in [7, 11) is 0. The summed E-state index contributed by atoms with van der Waals surface area (Å²) in [6, 6.07) is 7.77. The number of halogens is 1. The number of nitrogens with zero attached hydrogens (tertiary/aromatic N) is 3. The van der Waals surface area contributed by atoms with Crippen molar-refractivity contribution >= 4 is 17.5 Å². The van der Waals surface area contributed by atoms with Crippen molar-refractivity contribution in [1.29, 1.82) is 5.26 Å². The third-order valence-electron chi connectivity index (χ3n) is 7.84. The molecule has 0 spiro atoms. The minimum absolute atomic E-state index is 0.0177. The number of aryl methyl sites for hydroxylation is 1. The maximum Gasteiger partial charge on any atom is 0.254 e. The molecule has 0 aromatic heterocycles. The number of benzene rings is 1. The third kappa shape index (κ3) is 4.48. The van der Waals surface area contributed by atoms with Gasteiger partial charge in [0, 0.05) is 37.0 Å². The highest BCUT2D eigenvalue weighted by Gasteiger charge is 2.54. The fraction of sp³-hybridized carbons (Fsp3) is 0.640. The van der Waals surface area contributed by atoms with Crippen LogP contribution in [0.3, 0.4) is 0 Å². The van der Waals surface area contributed by atoms with E-state index in [-0.39, 0.29) is 36.5 Å². The second-order valence-corrected chi connectivity index (χ2v) is 10.2. The molecule has 4 fully saturated rings. The zero-order valence-corrected chi connectivity index (χ0v) is 20.1. The first-order valence-corrected chi connectivity index (χ1v) is 12.5. The van der Waals surface area contributed by atoms with Gasteiger partial charge in [-0.05, 0) is 56.4 Å². The van der Waals surface area contributed by atoms with Gasteiger partial charge in [-0.15, -0.1) is 0 Å². The van der Waals surface area contributed by atoms with Crippen molar-refractivity contribution in [2.24, 2.45) is 5.92 Å². The Bertz CT molecular complexity index is 1020. The molecule has 1 aromatic carbocycles. The Morgan fingerprint density at radius 2 is 2.26 bits per heavy atom. The minimum atomic E-state index is -0.954. The number of fused-ring (bicyclic) bond motifs is 1. The maximum absolute atomic E-state index is 13.6. The van der Waals surface area contributed by atoms with Crippen LogP contribution in [0, 0.1) is 24.2 Å². The summed E-state index contributed by atoms with van der Waals surface area (Å²) in [5.74, 6) is -0.508. The molecule has 4 heterocycles. The van der Waals surface area contributed by atoms with E-state index in [1.54, 1.807) is 11.0 Å². The highest BCUT2D eigenvalue weighted by atomic mass is 19.1. The van der Waals surface area contributed by atoms with E-state index in [0.29, 0.717) is 44.7 Å². The van der Waals surface area contributed by atoms with Crippen molar-refractivity contribution in [1.82, 2.24) is 20.7 Å². The van der Waals surface area contributed by atoms with Crippen molar-refractivity contribution in [3.05, 3.63) is 29.3 Å². The minimum Gasteiger partial charge on any atom is -0.379 e. The molecule has 3 unspecified atom stereocenters. The molecule has 5 rings (SSSR count). The molecule has 4 aliphatic rings. The molecule has 9 nitrogen and oxygen atoms in total. The van der Waals surface area contributed by atoms with Crippen LogP contribution in [-0.2, 0) is 9.53 Å². The first kappa shape index (κ1) is 24.0. The molecular weight excluding hydrogens is 451 g/mol. The summed E-state index contributed by atoms with van der Waals surface area (Å²) >= 11 is 0. The van der Waals surface area contributed by atoms with Crippen molar-refractivity contribution in [2.75, 3.05) is 38.2 Å². The number of carbonyl (C=O) groups excluding carboxylic acids is 2. The molecule has 4 aliphatic heterocycles. The van der Waals surface area contributed by atoms with Gasteiger partial charge in [0.25, 0.3) is 5.91 Å². The number of rotatable bonds is 5. The molecule has 5 atom stereocenters. The third-order valence-corrected chi connectivity index (χ3v) is 7.84. The van der Waals surface area contributed by atoms with Gasteiger partial charge in [0.1, 0.15) is 12.3 Å². The number of alkyl halides is 1. The van der Waals surface area contributed by atoms with Crippen LogP contribution in [-0.4, -0.2) is 78.5 Å². The van der Waals surface area contributed by atoms with E-state index in [9.17, 15) is 19.2 Å². The van der Waals surface area contributed by atoms with Gasteiger partial charge in [-0.3, -0.25) is 9.59 Å². The summed E-state index contributed by atoms with van der Waals surface area (Å²) in [6.07, 6.45) is 1.87. The van der Waals surface area contributed by atoms with Gasteiger partial charge in [-0.2, -0.15) is 5.26 Å². The smallest absolute Gasteiger partial charge is 0.254 e. The zero-order chi connectivity index (χ0) is 24.6. The van der Waals surface area contributed by atoms with Gasteiger partial charge in [0.2, 0.25) is 5.91 Å². The number of likely N-dealkylation sites (tertiary alicyclic amines) is 1. The van der Waals surface area contributed by atoms with Gasteiger partial charge in [-0.1, -0.05) is 0 Å². The Balaban J connectivity index is 1.36. The fourth-order valence-electron chi connectivity index (χ4n) is 6.06. The second-order valence-electron chi connectivity index (χ2n) is 10.2. The van der Waals surface area contributed by atoms with Crippen LogP contribution < -0.4 is 16.1 Å². The average molecular weight is 485 g/mol. The molecule has 188 valence electrons. The van der Waals surface area contributed by atoms with E-state index in [4.69, 9.17) is 4.74 Å². The van der Waals surface area contributed by atoms with Crippen molar-refractivity contribution in [3.63, 3.8) is 0 Å². The SMILES string of the molecule is Cc1cc(NC2NN([C@]3(CC#N)CCCOC3)C3CCNC(=O)C23)ccc1C(=O)N1CC[C@@H](F)C1. The number of nitriles is 1. The van der Waals surface area contributed by atoms with Crippen LogP contribution in [0.1, 0.15) is 48.0 Å². The van der Waals surface area contributed by atoms with Crippen LogP contribution in [0.15, 0.2) is 18.2 Å². The first-order chi connectivity index (χ1) is 16.9. The Labute approximate surface area is 204 Å². The van der Waals surface area contributed by atoms with E-state index >= 15 is 0 Å². The highest BCUT2D eigenvalue weighted by Crippen LogP contribution is 2.39. The number of hydrogen-bond donors (Lipinski definition) is 3. The van der Waals surface area contributed by atoms with Crippen molar-refractivity contribution < 1.29 is 18.7 Å². The summed E-state index contributed by atoms with van der Waals surface area (Å²) < 4.78 is 19.4. The average Bonchev–Trinajstić information content (AvgIpc) is 3.44. The normalized spacial score (nSPS) is 33.2. The van der Waals surface area contributed by atoms with Crippen LogP contribution in [0.2, 0.25) is 0 Å². The molecule has 4 saturated heterocycles. The highest BCUT2D eigenvalue weighted by molar-refractivity contribution is 5.96. The fourth-order valence-corrected chi connectivity index (χ4v) is 6.06. The lowest BCUT2D eigenvalue weighted by molar-refractivity contribution is -0.130. The van der Waals surface area contributed by atoms with Gasteiger partial charge >= 0.3 is 0 Å². The lowest BCUT2D eigenvalue weighted by atomic mass is 9.84. The molecule has 1 aromatic rings. The number of anilines is 1. The Morgan fingerprint density at radius 3 is 2.94 bits per heavy atom. The summed E-state index contributed by atoms with van der Waals surface area (Å²) in [6.45, 7) is 4.19. The molecule has 35 heavy (non-hydrogen) atoms. The molecule has 3 N–H and O–H groups in total. The van der Waals surface area contributed by atoms with E-state index in [0.717, 1.165) is 30.5 Å². The molecule has 0 radical (unpaired) electrons. The van der Waals surface area contributed by atoms with E-state index in [2.05, 4.69) is 27.1 Å².